The predicted octanol–water partition coefficient (Wildman–Crippen LogP) is 3.46. The van der Waals surface area contributed by atoms with Gasteiger partial charge in [-0.1, -0.05) is 29.8 Å². The van der Waals surface area contributed by atoms with Crippen molar-refractivity contribution in [1.82, 2.24) is 4.90 Å². The molecule has 4 amide bonds. The van der Waals surface area contributed by atoms with E-state index in [0.717, 1.165) is 22.1 Å². The molecule has 0 atom stereocenters. The van der Waals surface area contributed by atoms with Crippen LogP contribution in [0.15, 0.2) is 59.5 Å². The molecule has 2 N–H and O–H groups in total. The van der Waals surface area contributed by atoms with Gasteiger partial charge in [0.15, 0.2) is 0 Å². The lowest BCUT2D eigenvalue weighted by Gasteiger charge is -2.12. The number of anilines is 2. The maximum Gasteiger partial charge on any atom is 0.294 e. The molecule has 1 saturated heterocycles. The van der Waals surface area contributed by atoms with Crippen molar-refractivity contribution in [2.45, 2.75) is 13.8 Å². The normalized spacial score (nSPS) is 15.0. The molecule has 1 heterocycles. The fourth-order valence-corrected chi connectivity index (χ4v) is 3.45. The minimum atomic E-state index is -0.668. The second-order valence-electron chi connectivity index (χ2n) is 6.54. The number of aryl methyl sites for hydroxylation is 2. The van der Waals surface area contributed by atoms with Crippen LogP contribution >= 0.6 is 11.8 Å². The molecule has 8 heteroatoms. The number of carbonyl (C=O) groups is 4. The summed E-state index contributed by atoms with van der Waals surface area (Å²) in [4.78, 5) is 49.7. The third-order valence-corrected chi connectivity index (χ3v) is 4.97. The van der Waals surface area contributed by atoms with Gasteiger partial charge in [-0.15, -0.1) is 0 Å². The van der Waals surface area contributed by atoms with Crippen molar-refractivity contribution in [1.29, 1.82) is 0 Å². The molecule has 0 unspecified atom stereocenters. The van der Waals surface area contributed by atoms with E-state index in [9.17, 15) is 19.2 Å². The van der Waals surface area contributed by atoms with Gasteiger partial charge in [0.05, 0.1) is 4.91 Å². The quantitative estimate of drug-likeness (QED) is 0.738. The van der Waals surface area contributed by atoms with E-state index in [0.29, 0.717) is 23.1 Å². The molecule has 0 radical (unpaired) electrons. The first-order valence-electron chi connectivity index (χ1n) is 8.81. The first-order chi connectivity index (χ1) is 13.8. The van der Waals surface area contributed by atoms with Gasteiger partial charge in [-0.25, -0.2) is 0 Å². The predicted molar refractivity (Wildman–Crippen MR) is 112 cm³/mol. The number of carbonyl (C=O) groups excluding carboxylic acids is 4. The van der Waals surface area contributed by atoms with Gasteiger partial charge in [0.25, 0.3) is 11.1 Å². The molecule has 0 aliphatic carbocycles. The van der Waals surface area contributed by atoms with E-state index < -0.39 is 29.5 Å². The molecule has 0 bridgehead atoms. The molecule has 0 saturated carbocycles. The molecular weight excluding hydrogens is 390 g/mol. The topological polar surface area (TPSA) is 95.6 Å². The number of imide groups is 1. The van der Waals surface area contributed by atoms with Crippen molar-refractivity contribution >= 4 is 46.1 Å². The van der Waals surface area contributed by atoms with Crippen LogP contribution < -0.4 is 10.6 Å². The maximum atomic E-state index is 12.4. The zero-order valence-corrected chi connectivity index (χ0v) is 16.7. The van der Waals surface area contributed by atoms with Crippen LogP contribution in [-0.2, 0) is 14.4 Å². The van der Waals surface area contributed by atoms with Gasteiger partial charge in [-0.3, -0.25) is 24.1 Å². The number of benzene rings is 2. The van der Waals surface area contributed by atoms with Crippen molar-refractivity contribution in [3.8, 4) is 0 Å². The SMILES string of the molecule is Cc1ccc(NC(=O)C=C2SC(=O)N(CC(=O)Nc3cccc(C)c3)C2=O)cc1. The molecule has 1 fully saturated rings. The summed E-state index contributed by atoms with van der Waals surface area (Å²) in [6.45, 7) is 3.39. The van der Waals surface area contributed by atoms with Crippen LogP contribution in [0.1, 0.15) is 11.1 Å². The molecule has 2 aromatic carbocycles. The second kappa shape index (κ2) is 8.74. The second-order valence-corrected chi connectivity index (χ2v) is 7.53. The van der Waals surface area contributed by atoms with Crippen molar-refractivity contribution in [3.63, 3.8) is 0 Å². The fraction of sp³-hybridized carbons (Fsp3) is 0.143. The highest BCUT2D eigenvalue weighted by Crippen LogP contribution is 2.30. The van der Waals surface area contributed by atoms with E-state index in [-0.39, 0.29) is 4.91 Å². The Bertz CT molecular complexity index is 1010. The Hall–Kier alpha value is -3.39. The Morgan fingerprint density at radius 3 is 2.38 bits per heavy atom. The van der Waals surface area contributed by atoms with Gasteiger partial charge in [-0.05, 0) is 55.4 Å². The number of hydrogen-bond donors (Lipinski definition) is 2. The molecule has 2 aromatic rings. The number of amides is 4. The average Bonchev–Trinajstić information content (AvgIpc) is 2.91. The van der Waals surface area contributed by atoms with E-state index in [1.807, 2.05) is 32.0 Å². The third-order valence-electron chi connectivity index (χ3n) is 4.06. The van der Waals surface area contributed by atoms with Crippen LogP contribution in [0.4, 0.5) is 16.2 Å². The summed E-state index contributed by atoms with van der Waals surface area (Å²) in [6, 6.07) is 14.3. The minimum absolute atomic E-state index is 0.0250. The van der Waals surface area contributed by atoms with Crippen LogP contribution in [0.3, 0.4) is 0 Å². The van der Waals surface area contributed by atoms with Gasteiger partial charge in [-0.2, -0.15) is 0 Å². The molecule has 1 aliphatic heterocycles. The van der Waals surface area contributed by atoms with Gasteiger partial charge in [0.2, 0.25) is 11.8 Å². The van der Waals surface area contributed by atoms with Crippen molar-refractivity contribution in [3.05, 3.63) is 70.6 Å². The standard InChI is InChI=1S/C21H19N3O4S/c1-13-6-8-15(9-7-13)22-18(25)11-17-20(27)24(21(28)29-17)12-19(26)23-16-5-3-4-14(2)10-16/h3-11H,12H2,1-2H3,(H,22,25)(H,23,26). The summed E-state index contributed by atoms with van der Waals surface area (Å²) in [5, 5.41) is 4.69. The number of nitrogens with zero attached hydrogens (tertiary/aromatic N) is 1. The Labute approximate surface area is 172 Å². The molecule has 29 heavy (non-hydrogen) atoms. The van der Waals surface area contributed by atoms with E-state index >= 15 is 0 Å². The number of rotatable bonds is 5. The monoisotopic (exact) mass is 409 g/mol. The van der Waals surface area contributed by atoms with Gasteiger partial charge >= 0.3 is 0 Å². The average molecular weight is 409 g/mol. The van der Waals surface area contributed by atoms with Gasteiger partial charge in [0.1, 0.15) is 6.54 Å². The zero-order chi connectivity index (χ0) is 21.0. The maximum absolute atomic E-state index is 12.4. The Balaban J connectivity index is 1.62. The number of hydrogen-bond acceptors (Lipinski definition) is 5. The van der Waals surface area contributed by atoms with E-state index in [1.165, 1.54) is 0 Å². The van der Waals surface area contributed by atoms with Crippen LogP contribution in [-0.4, -0.2) is 34.4 Å². The highest BCUT2D eigenvalue weighted by atomic mass is 32.2. The van der Waals surface area contributed by atoms with Crippen molar-refractivity contribution in [2.24, 2.45) is 0 Å². The Kier molecular flexibility index (Phi) is 6.13. The molecule has 0 aromatic heterocycles. The highest BCUT2D eigenvalue weighted by Gasteiger charge is 2.36. The molecular formula is C21H19N3O4S. The van der Waals surface area contributed by atoms with Crippen LogP contribution in [0, 0.1) is 13.8 Å². The van der Waals surface area contributed by atoms with E-state index in [4.69, 9.17) is 0 Å². The molecule has 3 rings (SSSR count). The van der Waals surface area contributed by atoms with Crippen molar-refractivity contribution in [2.75, 3.05) is 17.2 Å². The van der Waals surface area contributed by atoms with Crippen molar-refractivity contribution < 1.29 is 19.2 Å². The lowest BCUT2D eigenvalue weighted by Crippen LogP contribution is -2.36. The van der Waals surface area contributed by atoms with E-state index in [1.54, 1.807) is 30.3 Å². The Morgan fingerprint density at radius 2 is 1.69 bits per heavy atom. The molecule has 0 spiro atoms. The van der Waals surface area contributed by atoms with Crippen LogP contribution in [0.5, 0.6) is 0 Å². The number of thioether (sulfide) groups is 1. The summed E-state index contributed by atoms with van der Waals surface area (Å²) in [6.07, 6.45) is 1.07. The highest BCUT2D eigenvalue weighted by molar-refractivity contribution is 8.18. The fourth-order valence-electron chi connectivity index (χ4n) is 2.64. The van der Waals surface area contributed by atoms with Gasteiger partial charge < -0.3 is 10.6 Å². The first kappa shape index (κ1) is 20.3. The third kappa shape index (κ3) is 5.32. The van der Waals surface area contributed by atoms with Gasteiger partial charge in [0, 0.05) is 17.5 Å². The molecule has 148 valence electrons. The molecule has 1 aliphatic rings. The summed E-state index contributed by atoms with van der Waals surface area (Å²) < 4.78 is 0. The lowest BCUT2D eigenvalue weighted by molar-refractivity contribution is -0.127. The van der Waals surface area contributed by atoms with Crippen LogP contribution in [0.25, 0.3) is 0 Å². The largest absolute Gasteiger partial charge is 0.325 e. The minimum Gasteiger partial charge on any atom is -0.325 e. The number of nitrogens with one attached hydrogen (secondary N) is 2. The first-order valence-corrected chi connectivity index (χ1v) is 9.63. The molecule has 7 nitrogen and oxygen atoms in total. The summed E-state index contributed by atoms with van der Waals surface area (Å²) in [7, 11) is 0. The summed E-state index contributed by atoms with van der Waals surface area (Å²) in [5.41, 5.74) is 3.17. The lowest BCUT2D eigenvalue weighted by atomic mass is 10.2. The van der Waals surface area contributed by atoms with Crippen LogP contribution in [0.2, 0.25) is 0 Å². The zero-order valence-electron chi connectivity index (χ0n) is 15.9. The summed E-state index contributed by atoms with van der Waals surface area (Å²) in [5.74, 6) is -1.69. The Morgan fingerprint density at radius 1 is 0.966 bits per heavy atom. The summed E-state index contributed by atoms with van der Waals surface area (Å²) >= 11 is 0.632. The van der Waals surface area contributed by atoms with E-state index in [2.05, 4.69) is 10.6 Å². The smallest absolute Gasteiger partial charge is 0.294 e.